The number of carbonyl (C=O) groups is 3. The zero-order valence-electron chi connectivity index (χ0n) is 15.1. The van der Waals surface area contributed by atoms with Gasteiger partial charge in [0, 0.05) is 4.90 Å². The van der Waals surface area contributed by atoms with Gasteiger partial charge in [-0.25, -0.2) is 0 Å². The van der Waals surface area contributed by atoms with Gasteiger partial charge in [-0.15, -0.1) is 11.8 Å². The molecule has 6 nitrogen and oxygen atoms in total. The molecule has 1 fully saturated rings. The van der Waals surface area contributed by atoms with Crippen molar-refractivity contribution in [3.63, 3.8) is 0 Å². The quantitative estimate of drug-likeness (QED) is 0.559. The fourth-order valence-electron chi connectivity index (χ4n) is 3.36. The van der Waals surface area contributed by atoms with Crippen molar-refractivity contribution in [2.75, 3.05) is 13.4 Å². The summed E-state index contributed by atoms with van der Waals surface area (Å²) in [6.45, 7) is 0. The fraction of sp³-hybridized carbons (Fsp3) is 0.526. The molecule has 0 bridgehead atoms. The van der Waals surface area contributed by atoms with Crippen LogP contribution in [0.15, 0.2) is 29.2 Å². The molecule has 1 amide bonds. The topological polar surface area (TPSA) is 92.7 Å². The first kappa shape index (κ1) is 20.3. The van der Waals surface area contributed by atoms with E-state index in [1.807, 2.05) is 30.5 Å². The van der Waals surface area contributed by atoms with Crippen molar-refractivity contribution in [1.29, 1.82) is 0 Å². The molecule has 0 aromatic heterocycles. The second-order valence-corrected chi connectivity index (χ2v) is 7.33. The number of nitrogens with one attached hydrogen (secondary N) is 1. The van der Waals surface area contributed by atoms with Crippen molar-refractivity contribution in [3.05, 3.63) is 29.8 Å². The maximum atomic E-state index is 12.8. The summed E-state index contributed by atoms with van der Waals surface area (Å²) in [7, 11) is 1.31. The van der Waals surface area contributed by atoms with Gasteiger partial charge in [0.1, 0.15) is 0 Å². The summed E-state index contributed by atoms with van der Waals surface area (Å²) in [6.07, 6.45) is 4.70. The minimum Gasteiger partial charge on any atom is -0.481 e. The van der Waals surface area contributed by atoms with Crippen LogP contribution in [0.5, 0.6) is 0 Å². The van der Waals surface area contributed by atoms with Crippen molar-refractivity contribution in [2.24, 2.45) is 11.8 Å². The second kappa shape index (κ2) is 9.62. The summed E-state index contributed by atoms with van der Waals surface area (Å²) in [5.74, 6) is -2.89. The van der Waals surface area contributed by atoms with E-state index in [4.69, 9.17) is 4.74 Å². The molecule has 0 unspecified atom stereocenters. The molecule has 0 saturated heterocycles. The number of carboxylic acids is 1. The van der Waals surface area contributed by atoms with E-state index < -0.39 is 29.8 Å². The summed E-state index contributed by atoms with van der Waals surface area (Å²) in [4.78, 5) is 37.1. The van der Waals surface area contributed by atoms with Gasteiger partial charge < -0.3 is 15.2 Å². The first-order valence-corrected chi connectivity index (χ1v) is 9.92. The first-order chi connectivity index (χ1) is 12.5. The van der Waals surface area contributed by atoms with Crippen molar-refractivity contribution < 1.29 is 24.2 Å². The van der Waals surface area contributed by atoms with E-state index in [2.05, 4.69) is 5.32 Å². The van der Waals surface area contributed by atoms with E-state index in [0.717, 1.165) is 23.3 Å². The Kier molecular flexibility index (Phi) is 7.50. The molecule has 1 saturated carbocycles. The average molecular weight is 379 g/mol. The molecule has 26 heavy (non-hydrogen) atoms. The highest BCUT2D eigenvalue weighted by molar-refractivity contribution is 7.98. The van der Waals surface area contributed by atoms with Gasteiger partial charge in [0.05, 0.1) is 31.4 Å². The standard InChI is InChI=1S/C19H25NO5S/c1-25-17(21)11-16(12-7-9-13(26-2)10-8-12)20-18(22)14-5-3-4-6-15(14)19(23)24/h7-10,14-16H,3-6,11H2,1-2H3,(H,20,22)(H,23,24)/t14-,15-,16+/m0/s1. The molecule has 142 valence electrons. The Hall–Kier alpha value is -2.02. The Morgan fingerprint density at radius 3 is 2.35 bits per heavy atom. The third-order valence-corrected chi connectivity index (χ3v) is 5.60. The monoisotopic (exact) mass is 379 g/mol. The Morgan fingerprint density at radius 2 is 1.81 bits per heavy atom. The summed E-state index contributed by atoms with van der Waals surface area (Å²) in [6, 6.07) is 7.06. The van der Waals surface area contributed by atoms with E-state index >= 15 is 0 Å². The van der Waals surface area contributed by atoms with Gasteiger partial charge in [0.25, 0.3) is 0 Å². The molecule has 1 aliphatic rings. The number of ether oxygens (including phenoxy) is 1. The van der Waals surface area contributed by atoms with Gasteiger partial charge in [0.15, 0.2) is 0 Å². The van der Waals surface area contributed by atoms with Gasteiger partial charge in [-0.3, -0.25) is 14.4 Å². The Labute approximate surface area is 157 Å². The number of carboxylic acid groups (broad SMARTS) is 1. The molecule has 1 aromatic rings. The molecule has 1 aromatic carbocycles. The highest BCUT2D eigenvalue weighted by atomic mass is 32.2. The Morgan fingerprint density at radius 1 is 1.19 bits per heavy atom. The summed E-state index contributed by atoms with van der Waals surface area (Å²) >= 11 is 1.60. The van der Waals surface area contributed by atoms with Crippen LogP contribution in [0.1, 0.15) is 43.7 Å². The molecule has 7 heteroatoms. The Bertz CT molecular complexity index is 646. The lowest BCUT2D eigenvalue weighted by Gasteiger charge is -2.29. The molecule has 0 spiro atoms. The van der Waals surface area contributed by atoms with E-state index in [1.165, 1.54) is 7.11 Å². The second-order valence-electron chi connectivity index (χ2n) is 6.45. The van der Waals surface area contributed by atoms with Gasteiger partial charge in [-0.2, -0.15) is 0 Å². The lowest BCUT2D eigenvalue weighted by atomic mass is 9.78. The van der Waals surface area contributed by atoms with E-state index in [1.54, 1.807) is 11.8 Å². The number of carbonyl (C=O) groups excluding carboxylic acids is 2. The molecule has 1 aliphatic carbocycles. The molecular formula is C19H25NO5S. The molecule has 0 aliphatic heterocycles. The highest BCUT2D eigenvalue weighted by Gasteiger charge is 2.36. The molecule has 2 rings (SSSR count). The van der Waals surface area contributed by atoms with Crippen LogP contribution in [0.4, 0.5) is 0 Å². The van der Waals surface area contributed by atoms with Crippen LogP contribution < -0.4 is 5.32 Å². The molecule has 0 heterocycles. The number of methoxy groups -OCH3 is 1. The fourth-order valence-corrected chi connectivity index (χ4v) is 3.77. The van der Waals surface area contributed by atoms with Crippen LogP contribution >= 0.6 is 11.8 Å². The van der Waals surface area contributed by atoms with E-state index in [0.29, 0.717) is 12.8 Å². The number of amides is 1. The normalized spacial score (nSPS) is 20.8. The summed E-state index contributed by atoms with van der Waals surface area (Å²) in [5, 5.41) is 12.3. The van der Waals surface area contributed by atoms with Crippen LogP contribution in [0.25, 0.3) is 0 Å². The zero-order valence-corrected chi connectivity index (χ0v) is 15.9. The predicted octanol–water partition coefficient (Wildman–Crippen LogP) is 3.02. The van der Waals surface area contributed by atoms with Crippen LogP contribution in [0.3, 0.4) is 0 Å². The minimum atomic E-state index is -0.932. The Balaban J connectivity index is 2.17. The molecule has 0 radical (unpaired) electrons. The zero-order chi connectivity index (χ0) is 19.1. The van der Waals surface area contributed by atoms with Gasteiger partial charge >= 0.3 is 11.9 Å². The van der Waals surface area contributed by atoms with Crippen LogP contribution in [0, 0.1) is 11.8 Å². The number of rotatable bonds is 7. The van der Waals surface area contributed by atoms with Gasteiger partial charge in [-0.1, -0.05) is 25.0 Å². The SMILES string of the molecule is COC(=O)C[C@@H](NC(=O)[C@H]1CCCC[C@@H]1C(=O)O)c1ccc(SC)cc1. The van der Waals surface area contributed by atoms with E-state index in [-0.39, 0.29) is 12.3 Å². The van der Waals surface area contributed by atoms with Gasteiger partial charge in [0.2, 0.25) is 5.91 Å². The third-order valence-electron chi connectivity index (χ3n) is 4.85. The molecular weight excluding hydrogens is 354 g/mol. The van der Waals surface area contributed by atoms with Crippen LogP contribution in [-0.2, 0) is 19.1 Å². The summed E-state index contributed by atoms with van der Waals surface area (Å²) < 4.78 is 4.75. The number of esters is 1. The maximum Gasteiger partial charge on any atom is 0.307 e. The van der Waals surface area contributed by atoms with Crippen molar-refractivity contribution in [3.8, 4) is 0 Å². The number of hydrogen-bond acceptors (Lipinski definition) is 5. The number of benzene rings is 1. The summed E-state index contributed by atoms with van der Waals surface area (Å²) in [5.41, 5.74) is 0.796. The third kappa shape index (κ3) is 5.24. The van der Waals surface area contributed by atoms with Gasteiger partial charge in [-0.05, 0) is 36.8 Å². The lowest BCUT2D eigenvalue weighted by Crippen LogP contribution is -2.41. The lowest BCUT2D eigenvalue weighted by molar-refractivity contribution is -0.149. The largest absolute Gasteiger partial charge is 0.481 e. The predicted molar refractivity (Wildman–Crippen MR) is 98.8 cm³/mol. The number of thioether (sulfide) groups is 1. The van der Waals surface area contributed by atoms with Crippen molar-refractivity contribution >= 4 is 29.6 Å². The number of aliphatic carboxylic acids is 1. The van der Waals surface area contributed by atoms with E-state index in [9.17, 15) is 19.5 Å². The maximum absolute atomic E-state index is 12.8. The van der Waals surface area contributed by atoms with Crippen molar-refractivity contribution in [2.45, 2.75) is 43.0 Å². The number of hydrogen-bond donors (Lipinski definition) is 2. The van der Waals surface area contributed by atoms with Crippen LogP contribution in [-0.4, -0.2) is 36.3 Å². The highest BCUT2D eigenvalue weighted by Crippen LogP contribution is 2.31. The minimum absolute atomic E-state index is 0.00527. The first-order valence-electron chi connectivity index (χ1n) is 8.70. The molecule has 3 atom stereocenters. The smallest absolute Gasteiger partial charge is 0.307 e. The van der Waals surface area contributed by atoms with Crippen LogP contribution in [0.2, 0.25) is 0 Å². The average Bonchev–Trinajstić information content (AvgIpc) is 2.67. The molecule has 2 N–H and O–H groups in total. The van der Waals surface area contributed by atoms with Crippen molar-refractivity contribution in [1.82, 2.24) is 5.32 Å².